The number of rotatable bonds is 10. The number of carbonyl (C=O) groups is 1. The summed E-state index contributed by atoms with van der Waals surface area (Å²) in [4.78, 5) is 24.3. The van der Waals surface area contributed by atoms with Crippen LogP contribution in [-0.4, -0.2) is 33.3 Å². The Morgan fingerprint density at radius 1 is 1.26 bits per heavy atom. The Labute approximate surface area is 194 Å². The molecule has 1 aliphatic rings. The molecule has 1 saturated heterocycles. The van der Waals surface area contributed by atoms with Crippen molar-refractivity contribution in [1.29, 1.82) is 0 Å². The molecule has 1 aromatic carbocycles. The molecule has 7 heteroatoms. The molecule has 0 bridgehead atoms. The highest BCUT2D eigenvalue weighted by molar-refractivity contribution is 8.26. The molecule has 31 heavy (non-hydrogen) atoms. The number of thioether (sulfide) groups is 1. The van der Waals surface area contributed by atoms with Crippen LogP contribution in [0.1, 0.15) is 52.0 Å². The first kappa shape index (κ1) is 23.4. The maximum atomic E-state index is 12.0. The zero-order chi connectivity index (χ0) is 22.2. The molecule has 1 aromatic heterocycles. The summed E-state index contributed by atoms with van der Waals surface area (Å²) in [5.41, 5.74) is 2.75. The Kier molecular flexibility index (Phi) is 8.60. The van der Waals surface area contributed by atoms with Crippen LogP contribution >= 0.6 is 24.0 Å². The van der Waals surface area contributed by atoms with E-state index in [2.05, 4.69) is 36.0 Å². The highest BCUT2D eigenvalue weighted by Crippen LogP contribution is 2.27. The van der Waals surface area contributed by atoms with Gasteiger partial charge in [0.15, 0.2) is 0 Å². The molecule has 1 unspecified atom stereocenters. The molecule has 1 atom stereocenters. The number of carbonyl (C=O) groups excluding carboxylic acids is 1. The quantitative estimate of drug-likeness (QED) is 0.368. The first-order valence-corrected chi connectivity index (χ1v) is 12.1. The molecule has 0 spiro atoms. The molecule has 5 nitrogen and oxygen atoms in total. The third kappa shape index (κ3) is 6.61. The van der Waals surface area contributed by atoms with Gasteiger partial charge in [0, 0.05) is 18.7 Å². The summed E-state index contributed by atoms with van der Waals surface area (Å²) in [7, 11) is 0. The maximum Gasteiger partial charge on any atom is 0.263 e. The fraction of sp³-hybridized carbons (Fsp3) is 0.417. The largest absolute Gasteiger partial charge is 0.355 e. The summed E-state index contributed by atoms with van der Waals surface area (Å²) in [6.45, 7) is 8.72. The van der Waals surface area contributed by atoms with Crippen molar-refractivity contribution in [3.63, 3.8) is 0 Å². The Morgan fingerprint density at radius 3 is 2.81 bits per heavy atom. The van der Waals surface area contributed by atoms with Crippen molar-refractivity contribution in [2.24, 2.45) is 5.92 Å². The molecule has 1 aliphatic heterocycles. The molecule has 1 amide bonds. The van der Waals surface area contributed by atoms with Crippen molar-refractivity contribution >= 4 is 46.1 Å². The van der Waals surface area contributed by atoms with E-state index in [1.54, 1.807) is 6.20 Å². The second-order valence-corrected chi connectivity index (χ2v) is 9.60. The summed E-state index contributed by atoms with van der Waals surface area (Å²) in [5.74, 6) is 1.53. The van der Waals surface area contributed by atoms with Gasteiger partial charge in [0.25, 0.3) is 5.91 Å². The smallest absolute Gasteiger partial charge is 0.263 e. The number of hydrogen-bond acceptors (Lipinski definition) is 6. The van der Waals surface area contributed by atoms with Gasteiger partial charge in [0.05, 0.1) is 23.0 Å². The molecule has 2 heterocycles. The predicted molar refractivity (Wildman–Crippen MR) is 135 cm³/mol. The maximum absolute atomic E-state index is 12.0. The Morgan fingerprint density at radius 2 is 2.10 bits per heavy atom. The van der Waals surface area contributed by atoms with Crippen molar-refractivity contribution in [3.05, 3.63) is 47.1 Å². The summed E-state index contributed by atoms with van der Waals surface area (Å²) in [5, 5.41) is 2.65. The van der Waals surface area contributed by atoms with Crippen LogP contribution in [0.15, 0.2) is 41.6 Å². The van der Waals surface area contributed by atoms with Crippen LogP contribution in [0.3, 0.4) is 0 Å². The molecule has 2 aromatic rings. The minimum Gasteiger partial charge on any atom is -0.355 e. The van der Waals surface area contributed by atoms with Gasteiger partial charge in [-0.3, -0.25) is 9.78 Å². The molecule has 0 radical (unpaired) electrons. The fourth-order valence-corrected chi connectivity index (χ4v) is 4.50. The number of nitrogens with one attached hydrogen (secondary N) is 1. The van der Waals surface area contributed by atoms with E-state index in [-0.39, 0.29) is 5.91 Å². The number of anilines is 1. The Balaban J connectivity index is 1.79. The van der Waals surface area contributed by atoms with Crippen molar-refractivity contribution < 1.29 is 4.79 Å². The van der Waals surface area contributed by atoms with Crippen molar-refractivity contribution in [2.75, 3.05) is 18.0 Å². The van der Waals surface area contributed by atoms with Crippen LogP contribution in [0, 0.1) is 5.92 Å². The highest BCUT2D eigenvalue weighted by atomic mass is 32.2. The van der Waals surface area contributed by atoms with Crippen LogP contribution in [-0.2, 0) is 4.79 Å². The lowest BCUT2D eigenvalue weighted by molar-refractivity contribution is -0.115. The van der Waals surface area contributed by atoms with Gasteiger partial charge in [0.2, 0.25) is 0 Å². The molecule has 3 rings (SSSR count). The third-order valence-corrected chi connectivity index (χ3v) is 6.55. The zero-order valence-electron chi connectivity index (χ0n) is 18.4. The minimum atomic E-state index is -0.144. The van der Waals surface area contributed by atoms with E-state index in [0.29, 0.717) is 9.23 Å². The number of hydrogen-bond donors (Lipinski definition) is 1. The van der Waals surface area contributed by atoms with Crippen molar-refractivity contribution in [2.45, 2.75) is 46.5 Å². The van der Waals surface area contributed by atoms with Gasteiger partial charge in [-0.2, -0.15) is 0 Å². The first-order chi connectivity index (χ1) is 15.0. The lowest BCUT2D eigenvalue weighted by atomic mass is 10.0. The van der Waals surface area contributed by atoms with E-state index in [1.807, 2.05) is 36.5 Å². The van der Waals surface area contributed by atoms with Gasteiger partial charge in [-0.15, -0.1) is 0 Å². The molecule has 0 saturated carbocycles. The summed E-state index contributed by atoms with van der Waals surface area (Å²) >= 11 is 6.36. The van der Waals surface area contributed by atoms with Crippen molar-refractivity contribution in [1.82, 2.24) is 15.3 Å². The van der Waals surface area contributed by atoms with E-state index in [0.717, 1.165) is 54.5 Å². The summed E-state index contributed by atoms with van der Waals surface area (Å²) < 4.78 is 0.496. The molecular weight excluding hydrogens is 424 g/mol. The zero-order valence-corrected chi connectivity index (χ0v) is 20.1. The second kappa shape index (κ2) is 11.4. The predicted octanol–water partition coefficient (Wildman–Crippen LogP) is 5.68. The minimum absolute atomic E-state index is 0.144. The van der Waals surface area contributed by atoms with Crippen LogP contribution in [0.5, 0.6) is 0 Å². The van der Waals surface area contributed by atoms with Gasteiger partial charge in [-0.05, 0) is 42.9 Å². The topological polar surface area (TPSA) is 58.1 Å². The van der Waals surface area contributed by atoms with E-state index in [9.17, 15) is 4.79 Å². The number of benzene rings is 1. The van der Waals surface area contributed by atoms with Crippen LogP contribution in [0.2, 0.25) is 0 Å². The SMILES string of the molecule is CCCN(CCCC(C)CC)c1cncc(-c2cccc(/C=C3\SC(=S)NC3=O)c2)n1. The van der Waals surface area contributed by atoms with Crippen LogP contribution in [0.25, 0.3) is 17.3 Å². The third-order valence-electron chi connectivity index (χ3n) is 5.38. The average Bonchev–Trinajstić information content (AvgIpc) is 3.09. The summed E-state index contributed by atoms with van der Waals surface area (Å²) in [6, 6.07) is 8.00. The fourth-order valence-electron chi connectivity index (χ4n) is 3.45. The van der Waals surface area contributed by atoms with Crippen LogP contribution in [0.4, 0.5) is 5.82 Å². The first-order valence-electron chi connectivity index (χ1n) is 10.9. The molecule has 1 N–H and O–H groups in total. The van der Waals surface area contributed by atoms with Gasteiger partial charge in [-0.1, -0.05) is 69.4 Å². The van der Waals surface area contributed by atoms with E-state index >= 15 is 0 Å². The Bertz CT molecular complexity index is 960. The van der Waals surface area contributed by atoms with E-state index in [1.165, 1.54) is 24.6 Å². The van der Waals surface area contributed by atoms with Crippen LogP contribution < -0.4 is 10.2 Å². The van der Waals surface area contributed by atoms with Gasteiger partial charge >= 0.3 is 0 Å². The van der Waals surface area contributed by atoms with Crippen molar-refractivity contribution in [3.8, 4) is 11.3 Å². The lowest BCUT2D eigenvalue weighted by Gasteiger charge is -2.24. The highest BCUT2D eigenvalue weighted by Gasteiger charge is 2.22. The number of nitrogens with zero attached hydrogens (tertiary/aromatic N) is 3. The number of thiocarbonyl (C=S) groups is 1. The van der Waals surface area contributed by atoms with Gasteiger partial charge in [0.1, 0.15) is 10.1 Å². The monoisotopic (exact) mass is 454 g/mol. The lowest BCUT2D eigenvalue weighted by Crippen LogP contribution is -2.26. The number of amides is 1. The molecule has 1 fully saturated rings. The van der Waals surface area contributed by atoms with E-state index in [4.69, 9.17) is 17.2 Å². The molecule has 164 valence electrons. The summed E-state index contributed by atoms with van der Waals surface area (Å²) in [6.07, 6.45) is 10.2. The average molecular weight is 455 g/mol. The second-order valence-electron chi connectivity index (χ2n) is 7.88. The van der Waals surface area contributed by atoms with Gasteiger partial charge < -0.3 is 10.2 Å². The van der Waals surface area contributed by atoms with Gasteiger partial charge in [-0.25, -0.2) is 4.98 Å². The Hall–Kier alpha value is -2.25. The number of aromatic nitrogens is 2. The standard InChI is InChI=1S/C24H30N4OS2/c1-4-11-28(12-7-8-17(3)5-2)22-16-25-15-20(26-22)19-10-6-9-18(13-19)14-21-23(29)27-24(30)31-21/h6,9-10,13-17H,4-5,7-8,11-12H2,1-3H3,(H,27,29,30)/b21-14-. The van der Waals surface area contributed by atoms with E-state index < -0.39 is 0 Å². The molecular formula is C24H30N4OS2. The molecule has 0 aliphatic carbocycles. The normalized spacial score (nSPS) is 15.9.